The van der Waals surface area contributed by atoms with Crippen LogP contribution in [-0.4, -0.2) is 53.3 Å². The normalized spacial score (nSPS) is 24.7. The highest BCUT2D eigenvalue weighted by Crippen LogP contribution is 2.36. The lowest BCUT2D eigenvalue weighted by atomic mass is 9.89. The Morgan fingerprint density at radius 1 is 1.21 bits per heavy atom. The van der Waals surface area contributed by atoms with Crippen LogP contribution >= 0.6 is 0 Å². The molecule has 0 amide bonds. The minimum Gasteiger partial charge on any atom is -0.491 e. The maximum absolute atomic E-state index is 12.8. The summed E-state index contributed by atoms with van der Waals surface area (Å²) >= 11 is 0. The number of rotatable bonds is 10. The Morgan fingerprint density at radius 3 is 2.67 bits per heavy atom. The van der Waals surface area contributed by atoms with Gasteiger partial charge in [0, 0.05) is 18.4 Å². The van der Waals surface area contributed by atoms with Crippen molar-refractivity contribution in [3.05, 3.63) is 66.3 Å². The Bertz CT molecular complexity index is 849. The summed E-state index contributed by atoms with van der Waals surface area (Å²) in [4.78, 5) is 11.0. The lowest BCUT2D eigenvalue weighted by Crippen LogP contribution is -2.21. The molecule has 1 fully saturated rings. The molecule has 0 bridgehead atoms. The maximum Gasteiger partial charge on any atom is 0.416 e. The van der Waals surface area contributed by atoms with Crippen molar-refractivity contribution in [2.45, 2.75) is 43.8 Å². The van der Waals surface area contributed by atoms with Crippen LogP contribution in [0.5, 0.6) is 5.75 Å². The molecule has 0 spiro atoms. The number of aliphatic hydroxyl groups excluding tert-OH is 3. The maximum atomic E-state index is 12.8. The Hall–Kier alpha value is -2.62. The summed E-state index contributed by atoms with van der Waals surface area (Å²) in [6.07, 6.45) is 3.74. The smallest absolute Gasteiger partial charge is 0.416 e. The molecule has 0 saturated heterocycles. The second kappa shape index (κ2) is 12.6. The molecule has 5 atom stereocenters. The van der Waals surface area contributed by atoms with Gasteiger partial charge in [-0.1, -0.05) is 36.4 Å². The van der Waals surface area contributed by atoms with Gasteiger partial charge in [0.15, 0.2) is 0 Å². The number of aliphatic hydroxyl groups is 3. The van der Waals surface area contributed by atoms with E-state index in [1.807, 2.05) is 12.2 Å². The molecule has 182 valence electrons. The number of alkyl halides is 3. The zero-order valence-corrected chi connectivity index (χ0v) is 18.2. The van der Waals surface area contributed by atoms with Crippen LogP contribution in [0.2, 0.25) is 0 Å². The Morgan fingerprint density at radius 2 is 1.97 bits per heavy atom. The Kier molecular flexibility index (Phi) is 10.1. The third kappa shape index (κ3) is 8.68. The quantitative estimate of drug-likeness (QED) is 0.276. The zero-order chi connectivity index (χ0) is 24.4. The molecule has 1 saturated carbocycles. The first-order valence-electron chi connectivity index (χ1n) is 10.5. The Balaban J connectivity index is 1.89. The number of allylic oxidation sites excluding steroid dienone is 3. The summed E-state index contributed by atoms with van der Waals surface area (Å²) in [7, 11) is 1.29. The SMILES string of the molecule is COC(=O)/C=C\C/C=C\C[C@@H]1[C@@H](/C=C/C(O)COc2cccc(C(F)(F)F)c2)[C@H](O)C[C@@H]1O. The molecular formula is C24H29F3O6. The fourth-order valence-electron chi connectivity index (χ4n) is 3.62. The van der Waals surface area contributed by atoms with Gasteiger partial charge in [0.2, 0.25) is 0 Å². The number of carbonyl (C=O) groups excluding carboxylic acids is 1. The van der Waals surface area contributed by atoms with Crippen LogP contribution < -0.4 is 4.74 Å². The van der Waals surface area contributed by atoms with Crippen molar-refractivity contribution in [3.63, 3.8) is 0 Å². The van der Waals surface area contributed by atoms with Gasteiger partial charge >= 0.3 is 12.1 Å². The zero-order valence-electron chi connectivity index (χ0n) is 18.2. The molecule has 3 N–H and O–H groups in total. The number of carbonyl (C=O) groups is 1. The van der Waals surface area contributed by atoms with Crippen molar-refractivity contribution in [2.75, 3.05) is 13.7 Å². The molecule has 1 aliphatic rings. The first-order valence-corrected chi connectivity index (χ1v) is 10.5. The number of halogens is 3. The molecule has 9 heteroatoms. The van der Waals surface area contributed by atoms with Gasteiger partial charge in [-0.25, -0.2) is 4.79 Å². The summed E-state index contributed by atoms with van der Waals surface area (Å²) in [5.41, 5.74) is -0.843. The van der Waals surface area contributed by atoms with Gasteiger partial charge in [0.1, 0.15) is 18.5 Å². The second-order valence-electron chi connectivity index (χ2n) is 7.77. The highest BCUT2D eigenvalue weighted by atomic mass is 19.4. The first-order chi connectivity index (χ1) is 15.6. The van der Waals surface area contributed by atoms with E-state index in [0.717, 1.165) is 12.1 Å². The molecule has 1 aliphatic carbocycles. The van der Waals surface area contributed by atoms with E-state index in [1.54, 1.807) is 12.2 Å². The topological polar surface area (TPSA) is 96.2 Å². The third-order valence-electron chi connectivity index (χ3n) is 5.36. The van der Waals surface area contributed by atoms with Gasteiger partial charge in [-0.05, 0) is 37.0 Å². The van der Waals surface area contributed by atoms with Crippen molar-refractivity contribution in [1.82, 2.24) is 0 Å². The predicted molar refractivity (Wildman–Crippen MR) is 115 cm³/mol. The molecule has 1 unspecified atom stereocenters. The largest absolute Gasteiger partial charge is 0.491 e. The van der Waals surface area contributed by atoms with E-state index in [2.05, 4.69) is 4.74 Å². The van der Waals surface area contributed by atoms with Gasteiger partial charge in [0.05, 0.1) is 24.9 Å². The van der Waals surface area contributed by atoms with Crippen LogP contribution in [-0.2, 0) is 15.7 Å². The van der Waals surface area contributed by atoms with Gasteiger partial charge in [-0.3, -0.25) is 0 Å². The van der Waals surface area contributed by atoms with Crippen molar-refractivity contribution >= 4 is 5.97 Å². The van der Waals surface area contributed by atoms with Gasteiger partial charge in [0.25, 0.3) is 0 Å². The first kappa shape index (κ1) is 26.6. The Labute approximate surface area is 190 Å². The number of ether oxygens (including phenoxy) is 2. The van der Waals surface area contributed by atoms with Crippen LogP contribution in [0.1, 0.15) is 24.8 Å². The van der Waals surface area contributed by atoms with Crippen LogP contribution in [0.3, 0.4) is 0 Å². The highest BCUT2D eigenvalue weighted by Gasteiger charge is 2.39. The molecule has 33 heavy (non-hydrogen) atoms. The molecule has 0 radical (unpaired) electrons. The molecule has 6 nitrogen and oxygen atoms in total. The summed E-state index contributed by atoms with van der Waals surface area (Å²) in [5.74, 6) is -1.14. The molecule has 0 aromatic heterocycles. The van der Waals surface area contributed by atoms with Gasteiger partial charge < -0.3 is 24.8 Å². The van der Waals surface area contributed by atoms with Crippen molar-refractivity contribution < 1.29 is 42.8 Å². The second-order valence-corrected chi connectivity index (χ2v) is 7.77. The summed E-state index contributed by atoms with van der Waals surface area (Å²) < 4.78 is 48.1. The summed E-state index contributed by atoms with van der Waals surface area (Å²) in [6.45, 7) is -0.264. The van der Waals surface area contributed by atoms with E-state index in [1.165, 1.54) is 31.4 Å². The van der Waals surface area contributed by atoms with Crippen LogP contribution in [0.4, 0.5) is 13.2 Å². The highest BCUT2D eigenvalue weighted by molar-refractivity contribution is 5.81. The van der Waals surface area contributed by atoms with E-state index in [4.69, 9.17) is 4.74 Å². The standard InChI is InChI=1S/C24H29F3O6/c1-32-23(31)10-5-3-2-4-9-19-20(22(30)14-21(19)29)12-11-17(28)15-33-18-8-6-7-16(13-18)24(25,26)27/h2,4-8,10-13,17,19-22,28-30H,3,9,14-15H2,1H3/b4-2-,10-5-,12-11+/t17?,19-,20-,21+,22-/m1/s1. The fraction of sp³-hybridized carbons (Fsp3) is 0.458. The van der Waals surface area contributed by atoms with Crippen molar-refractivity contribution in [2.24, 2.45) is 11.8 Å². The molecule has 1 aromatic rings. The molecule has 0 aliphatic heterocycles. The lowest BCUT2D eigenvalue weighted by Gasteiger charge is -2.19. The predicted octanol–water partition coefficient (Wildman–Crippen LogP) is 3.42. The summed E-state index contributed by atoms with van der Waals surface area (Å²) in [6, 6.07) is 4.38. The average Bonchev–Trinajstić information content (AvgIpc) is 3.04. The third-order valence-corrected chi connectivity index (χ3v) is 5.36. The summed E-state index contributed by atoms with van der Waals surface area (Å²) in [5, 5.41) is 30.7. The molecule has 0 heterocycles. The molecule has 2 rings (SSSR count). The fourth-order valence-corrected chi connectivity index (χ4v) is 3.62. The van der Waals surface area contributed by atoms with Crippen molar-refractivity contribution in [3.8, 4) is 5.75 Å². The van der Waals surface area contributed by atoms with Crippen LogP contribution in [0.15, 0.2) is 60.7 Å². The minimum atomic E-state index is -4.49. The van der Waals surface area contributed by atoms with Crippen LogP contribution in [0.25, 0.3) is 0 Å². The van der Waals surface area contributed by atoms with E-state index in [9.17, 15) is 33.3 Å². The number of hydrogen-bond donors (Lipinski definition) is 3. The number of methoxy groups -OCH3 is 1. The average molecular weight is 470 g/mol. The molecule has 1 aromatic carbocycles. The van der Waals surface area contributed by atoms with E-state index < -0.39 is 41.9 Å². The number of esters is 1. The lowest BCUT2D eigenvalue weighted by molar-refractivity contribution is -0.137. The van der Waals surface area contributed by atoms with E-state index in [0.29, 0.717) is 12.8 Å². The molecular weight excluding hydrogens is 441 g/mol. The van der Waals surface area contributed by atoms with E-state index in [-0.39, 0.29) is 24.7 Å². The van der Waals surface area contributed by atoms with Gasteiger partial charge in [-0.2, -0.15) is 13.2 Å². The van der Waals surface area contributed by atoms with Crippen molar-refractivity contribution in [1.29, 1.82) is 0 Å². The number of benzene rings is 1. The van der Waals surface area contributed by atoms with Gasteiger partial charge in [-0.15, -0.1) is 0 Å². The van der Waals surface area contributed by atoms with E-state index >= 15 is 0 Å². The van der Waals surface area contributed by atoms with Crippen LogP contribution in [0, 0.1) is 11.8 Å². The monoisotopic (exact) mass is 470 g/mol. The number of hydrogen-bond acceptors (Lipinski definition) is 6. The minimum absolute atomic E-state index is 0.0159.